The number of rotatable bonds is 1. The number of aromatic hydroxyl groups is 1. The van der Waals surface area contributed by atoms with Crippen molar-refractivity contribution in [3.8, 4) is 11.5 Å². The lowest BCUT2D eigenvalue weighted by Gasteiger charge is -2.05. The Morgan fingerprint density at radius 3 is 2.54 bits per heavy atom. The standard InChI is InChI=1S/C8H6Br2O3/c1-4(11)13-8-3-7(12)5(9)2-6(8)10/h2-3,12H,1H3. The smallest absolute Gasteiger partial charge is 0.308 e. The molecule has 13 heavy (non-hydrogen) atoms. The molecule has 1 N–H and O–H groups in total. The quantitative estimate of drug-likeness (QED) is 0.641. The molecule has 0 aliphatic heterocycles. The van der Waals surface area contributed by atoms with E-state index in [4.69, 9.17) is 4.74 Å². The van der Waals surface area contributed by atoms with Crippen LogP contribution < -0.4 is 4.74 Å². The Balaban J connectivity index is 3.08. The Bertz CT molecular complexity index is 349. The summed E-state index contributed by atoms with van der Waals surface area (Å²) in [6.07, 6.45) is 0. The Morgan fingerprint density at radius 1 is 1.38 bits per heavy atom. The fourth-order valence-electron chi connectivity index (χ4n) is 0.751. The van der Waals surface area contributed by atoms with Crippen LogP contribution in [0, 0.1) is 0 Å². The van der Waals surface area contributed by atoms with Crippen LogP contribution in [0.5, 0.6) is 11.5 Å². The van der Waals surface area contributed by atoms with Gasteiger partial charge in [0, 0.05) is 13.0 Å². The van der Waals surface area contributed by atoms with Crippen molar-refractivity contribution >= 4 is 37.8 Å². The highest BCUT2D eigenvalue weighted by Crippen LogP contribution is 2.35. The van der Waals surface area contributed by atoms with E-state index in [0.29, 0.717) is 14.7 Å². The summed E-state index contributed by atoms with van der Waals surface area (Å²) in [5.41, 5.74) is 0. The lowest BCUT2D eigenvalue weighted by atomic mass is 10.3. The number of halogens is 2. The molecule has 0 aromatic heterocycles. The van der Waals surface area contributed by atoms with E-state index in [0.717, 1.165) is 0 Å². The van der Waals surface area contributed by atoms with Crippen molar-refractivity contribution in [3.05, 3.63) is 21.1 Å². The van der Waals surface area contributed by atoms with E-state index in [1.54, 1.807) is 6.07 Å². The maximum absolute atomic E-state index is 10.6. The molecule has 0 amide bonds. The van der Waals surface area contributed by atoms with Crippen molar-refractivity contribution in [2.45, 2.75) is 6.92 Å². The summed E-state index contributed by atoms with van der Waals surface area (Å²) < 4.78 is 5.96. The van der Waals surface area contributed by atoms with Crippen LogP contribution in [0.2, 0.25) is 0 Å². The molecule has 3 nitrogen and oxygen atoms in total. The fourth-order valence-corrected chi connectivity index (χ4v) is 1.83. The highest BCUT2D eigenvalue weighted by Gasteiger charge is 2.08. The number of carbonyl (C=O) groups is 1. The third kappa shape index (κ3) is 2.70. The van der Waals surface area contributed by atoms with Gasteiger partial charge in [-0.3, -0.25) is 4.79 Å². The van der Waals surface area contributed by atoms with Crippen LogP contribution >= 0.6 is 31.9 Å². The third-order valence-electron chi connectivity index (χ3n) is 1.26. The van der Waals surface area contributed by atoms with Crippen molar-refractivity contribution < 1.29 is 14.6 Å². The molecule has 0 atom stereocenters. The van der Waals surface area contributed by atoms with Crippen LogP contribution in [0.1, 0.15) is 6.92 Å². The maximum Gasteiger partial charge on any atom is 0.308 e. The highest BCUT2D eigenvalue weighted by molar-refractivity contribution is 9.11. The van der Waals surface area contributed by atoms with Crippen molar-refractivity contribution in [2.75, 3.05) is 0 Å². The molecule has 0 spiro atoms. The number of hydrogen-bond acceptors (Lipinski definition) is 3. The second-order valence-electron chi connectivity index (χ2n) is 2.33. The molecule has 0 radical (unpaired) electrons. The monoisotopic (exact) mass is 308 g/mol. The van der Waals surface area contributed by atoms with E-state index in [-0.39, 0.29) is 5.75 Å². The Labute approximate surface area is 92.0 Å². The maximum atomic E-state index is 10.6. The van der Waals surface area contributed by atoms with E-state index in [9.17, 15) is 9.90 Å². The van der Waals surface area contributed by atoms with Gasteiger partial charge in [0.2, 0.25) is 0 Å². The van der Waals surface area contributed by atoms with Crippen molar-refractivity contribution in [2.24, 2.45) is 0 Å². The zero-order chi connectivity index (χ0) is 10.0. The zero-order valence-corrected chi connectivity index (χ0v) is 9.85. The van der Waals surface area contributed by atoms with Gasteiger partial charge in [0.05, 0.1) is 8.95 Å². The van der Waals surface area contributed by atoms with E-state index in [1.807, 2.05) is 0 Å². The summed E-state index contributed by atoms with van der Waals surface area (Å²) in [5.74, 6) is -0.102. The van der Waals surface area contributed by atoms with E-state index in [1.165, 1.54) is 13.0 Å². The predicted molar refractivity (Wildman–Crippen MR) is 54.8 cm³/mol. The molecule has 0 unspecified atom stereocenters. The van der Waals surface area contributed by atoms with Crippen LogP contribution in [0.4, 0.5) is 0 Å². The number of benzene rings is 1. The summed E-state index contributed by atoms with van der Waals surface area (Å²) in [6.45, 7) is 1.30. The highest BCUT2D eigenvalue weighted by atomic mass is 79.9. The van der Waals surface area contributed by atoms with Gasteiger partial charge in [-0.2, -0.15) is 0 Å². The molecular formula is C8H6Br2O3. The molecule has 0 fully saturated rings. The van der Waals surface area contributed by atoms with Crippen LogP contribution in [0.25, 0.3) is 0 Å². The van der Waals surface area contributed by atoms with Gasteiger partial charge in [-0.05, 0) is 37.9 Å². The molecule has 0 saturated carbocycles. The Kier molecular flexibility index (Phi) is 3.33. The molecule has 70 valence electrons. The van der Waals surface area contributed by atoms with E-state index in [2.05, 4.69) is 31.9 Å². The first-order chi connectivity index (χ1) is 6.00. The first-order valence-electron chi connectivity index (χ1n) is 3.37. The van der Waals surface area contributed by atoms with E-state index < -0.39 is 5.97 Å². The summed E-state index contributed by atoms with van der Waals surface area (Å²) in [5, 5.41) is 9.28. The topological polar surface area (TPSA) is 46.5 Å². The van der Waals surface area contributed by atoms with Gasteiger partial charge in [0.25, 0.3) is 0 Å². The minimum absolute atomic E-state index is 0.0273. The predicted octanol–water partition coefficient (Wildman–Crippen LogP) is 2.84. The molecule has 0 bridgehead atoms. The average Bonchev–Trinajstić information content (AvgIpc) is 1.99. The number of phenolic OH excluding ortho intramolecular Hbond substituents is 1. The number of esters is 1. The van der Waals surface area contributed by atoms with Crippen molar-refractivity contribution in [1.29, 1.82) is 0 Å². The largest absolute Gasteiger partial charge is 0.507 e. The van der Waals surface area contributed by atoms with Crippen LogP contribution in [0.15, 0.2) is 21.1 Å². The number of hydrogen-bond donors (Lipinski definition) is 1. The molecule has 1 rings (SSSR count). The van der Waals surface area contributed by atoms with Gasteiger partial charge >= 0.3 is 5.97 Å². The summed E-state index contributed by atoms with van der Waals surface area (Å²) in [7, 11) is 0. The normalized spacial score (nSPS) is 9.77. The molecule has 0 saturated heterocycles. The van der Waals surface area contributed by atoms with Gasteiger partial charge in [-0.25, -0.2) is 0 Å². The number of carbonyl (C=O) groups excluding carboxylic acids is 1. The lowest BCUT2D eigenvalue weighted by Crippen LogP contribution is -2.01. The fraction of sp³-hybridized carbons (Fsp3) is 0.125. The molecule has 1 aromatic rings. The zero-order valence-electron chi connectivity index (χ0n) is 6.67. The van der Waals surface area contributed by atoms with Crippen molar-refractivity contribution in [1.82, 2.24) is 0 Å². The minimum Gasteiger partial charge on any atom is -0.507 e. The number of phenols is 1. The summed E-state index contributed by atoms with van der Waals surface area (Å²) in [4.78, 5) is 10.6. The van der Waals surface area contributed by atoms with Gasteiger partial charge in [-0.15, -0.1) is 0 Å². The molecule has 0 heterocycles. The SMILES string of the molecule is CC(=O)Oc1cc(O)c(Br)cc1Br. The van der Waals surface area contributed by atoms with Crippen molar-refractivity contribution in [3.63, 3.8) is 0 Å². The Morgan fingerprint density at radius 2 is 2.00 bits per heavy atom. The first kappa shape index (κ1) is 10.5. The van der Waals surface area contributed by atoms with Crippen LogP contribution in [-0.2, 0) is 4.79 Å². The van der Waals surface area contributed by atoms with Gasteiger partial charge < -0.3 is 9.84 Å². The second kappa shape index (κ2) is 4.11. The van der Waals surface area contributed by atoms with Gasteiger partial charge in [0.1, 0.15) is 11.5 Å². The molecule has 0 aliphatic rings. The average molecular weight is 310 g/mol. The minimum atomic E-state index is -0.428. The molecule has 0 aliphatic carbocycles. The van der Waals surface area contributed by atoms with Crippen LogP contribution in [-0.4, -0.2) is 11.1 Å². The second-order valence-corrected chi connectivity index (χ2v) is 4.04. The third-order valence-corrected chi connectivity index (χ3v) is 2.51. The molecular weight excluding hydrogens is 304 g/mol. The first-order valence-corrected chi connectivity index (χ1v) is 4.95. The van der Waals surface area contributed by atoms with Gasteiger partial charge in [-0.1, -0.05) is 0 Å². The Hall–Kier alpha value is -0.550. The molecule has 5 heteroatoms. The summed E-state index contributed by atoms with van der Waals surface area (Å²) >= 11 is 6.32. The lowest BCUT2D eigenvalue weighted by molar-refractivity contribution is -0.131. The molecule has 1 aromatic carbocycles. The summed E-state index contributed by atoms with van der Waals surface area (Å²) in [6, 6.07) is 2.96. The van der Waals surface area contributed by atoms with E-state index >= 15 is 0 Å². The van der Waals surface area contributed by atoms with Gasteiger partial charge in [0.15, 0.2) is 0 Å². The number of ether oxygens (including phenoxy) is 1. The van der Waals surface area contributed by atoms with Crippen LogP contribution in [0.3, 0.4) is 0 Å².